The number of rotatable bonds is 0. The van der Waals surface area contributed by atoms with Crippen LogP contribution in [0.25, 0.3) is 0 Å². The predicted octanol–water partition coefficient (Wildman–Crippen LogP) is 1.01. The van der Waals surface area contributed by atoms with Gasteiger partial charge in [0.25, 0.3) is 0 Å². The van der Waals surface area contributed by atoms with Gasteiger partial charge in [0.05, 0.1) is 12.1 Å². The first-order valence-electron chi connectivity index (χ1n) is 3.66. The van der Waals surface area contributed by atoms with Crippen LogP contribution in [0, 0.1) is 29.0 Å². The van der Waals surface area contributed by atoms with Crippen molar-refractivity contribution in [3.05, 3.63) is 35.1 Å². The number of hydrogen-bond donors (Lipinski definition) is 1. The van der Waals surface area contributed by atoms with Gasteiger partial charge in [-0.15, -0.1) is 0 Å². The summed E-state index contributed by atoms with van der Waals surface area (Å²) < 4.78 is 12.6. The van der Waals surface area contributed by atoms with Gasteiger partial charge in [0.1, 0.15) is 11.9 Å². The van der Waals surface area contributed by atoms with Gasteiger partial charge in [-0.3, -0.25) is 0 Å². The highest BCUT2D eigenvalue weighted by Gasteiger charge is 1.99. The van der Waals surface area contributed by atoms with Crippen molar-refractivity contribution in [1.82, 2.24) is 0 Å². The van der Waals surface area contributed by atoms with Gasteiger partial charge in [0, 0.05) is 5.56 Å². The Balaban J connectivity index is 3.16. The van der Waals surface area contributed by atoms with Crippen molar-refractivity contribution in [2.45, 2.75) is 0 Å². The molecule has 0 saturated carbocycles. The monoisotopic (exact) mass is 174 g/mol. The van der Waals surface area contributed by atoms with E-state index in [1.165, 1.54) is 12.1 Å². The van der Waals surface area contributed by atoms with Gasteiger partial charge in [0.2, 0.25) is 0 Å². The topological polar surface area (TPSA) is 49.8 Å². The van der Waals surface area contributed by atoms with Crippen molar-refractivity contribution in [3.8, 4) is 17.9 Å². The molecule has 1 rings (SSSR count). The van der Waals surface area contributed by atoms with E-state index in [9.17, 15) is 4.39 Å². The van der Waals surface area contributed by atoms with E-state index < -0.39 is 5.82 Å². The molecule has 2 nitrogen and oxygen atoms in total. The van der Waals surface area contributed by atoms with Crippen molar-refractivity contribution in [3.63, 3.8) is 0 Å². The highest BCUT2D eigenvalue weighted by Crippen LogP contribution is 2.08. The van der Waals surface area contributed by atoms with Crippen LogP contribution in [0.15, 0.2) is 18.2 Å². The SMILES string of the molecule is N#Cc1cc(F)ccc1C#CCN. The fourth-order valence-electron chi connectivity index (χ4n) is 0.864. The van der Waals surface area contributed by atoms with Crippen LogP contribution >= 0.6 is 0 Å². The first-order valence-corrected chi connectivity index (χ1v) is 3.66. The van der Waals surface area contributed by atoms with E-state index >= 15 is 0 Å². The highest BCUT2D eigenvalue weighted by atomic mass is 19.1. The molecule has 13 heavy (non-hydrogen) atoms. The summed E-state index contributed by atoms with van der Waals surface area (Å²) in [5, 5.41) is 8.63. The summed E-state index contributed by atoms with van der Waals surface area (Å²) in [7, 11) is 0. The van der Waals surface area contributed by atoms with Crippen LogP contribution in [0.5, 0.6) is 0 Å². The summed E-state index contributed by atoms with van der Waals surface area (Å²) in [4.78, 5) is 0. The van der Waals surface area contributed by atoms with Crippen molar-refractivity contribution >= 4 is 0 Å². The maximum Gasteiger partial charge on any atom is 0.124 e. The third kappa shape index (κ3) is 2.30. The van der Waals surface area contributed by atoms with Gasteiger partial charge in [-0.25, -0.2) is 4.39 Å². The van der Waals surface area contributed by atoms with Crippen molar-refractivity contribution in [2.24, 2.45) is 5.73 Å². The van der Waals surface area contributed by atoms with E-state index in [0.717, 1.165) is 6.07 Å². The molecule has 0 atom stereocenters. The number of halogens is 1. The first kappa shape index (κ1) is 9.25. The Morgan fingerprint density at radius 3 is 2.77 bits per heavy atom. The molecule has 1 aromatic carbocycles. The fraction of sp³-hybridized carbons (Fsp3) is 0.100. The molecule has 3 heteroatoms. The molecule has 0 bridgehead atoms. The van der Waals surface area contributed by atoms with Crippen LogP contribution in [0.4, 0.5) is 4.39 Å². The molecule has 0 heterocycles. The Morgan fingerprint density at radius 2 is 2.15 bits per heavy atom. The van der Waals surface area contributed by atoms with Crippen molar-refractivity contribution in [2.75, 3.05) is 6.54 Å². The summed E-state index contributed by atoms with van der Waals surface area (Å²) in [5.41, 5.74) is 5.91. The van der Waals surface area contributed by atoms with E-state index in [4.69, 9.17) is 11.0 Å². The Morgan fingerprint density at radius 1 is 1.38 bits per heavy atom. The zero-order chi connectivity index (χ0) is 9.68. The second kappa shape index (κ2) is 4.25. The molecule has 0 aromatic heterocycles. The fourth-order valence-corrected chi connectivity index (χ4v) is 0.864. The zero-order valence-electron chi connectivity index (χ0n) is 6.84. The van der Waals surface area contributed by atoms with Gasteiger partial charge >= 0.3 is 0 Å². The van der Waals surface area contributed by atoms with Gasteiger partial charge in [-0.1, -0.05) is 11.8 Å². The molecule has 0 aliphatic carbocycles. The molecule has 0 spiro atoms. The largest absolute Gasteiger partial charge is 0.320 e. The molecule has 0 radical (unpaired) electrons. The van der Waals surface area contributed by atoms with Crippen LogP contribution in [-0.2, 0) is 0 Å². The average molecular weight is 174 g/mol. The van der Waals surface area contributed by atoms with Gasteiger partial charge in [0.15, 0.2) is 0 Å². The second-order valence-corrected chi connectivity index (χ2v) is 2.31. The van der Waals surface area contributed by atoms with Gasteiger partial charge < -0.3 is 5.73 Å². The third-order valence-corrected chi connectivity index (χ3v) is 1.43. The van der Waals surface area contributed by atoms with E-state index in [-0.39, 0.29) is 12.1 Å². The van der Waals surface area contributed by atoms with Gasteiger partial charge in [-0.05, 0) is 18.2 Å². The first-order chi connectivity index (χ1) is 6.27. The molecule has 64 valence electrons. The lowest BCUT2D eigenvalue weighted by Gasteiger charge is -1.93. The van der Waals surface area contributed by atoms with Crippen molar-refractivity contribution in [1.29, 1.82) is 5.26 Å². The Hall–Kier alpha value is -1.84. The third-order valence-electron chi connectivity index (χ3n) is 1.43. The average Bonchev–Trinajstić information content (AvgIpc) is 2.16. The number of hydrogen-bond acceptors (Lipinski definition) is 2. The van der Waals surface area contributed by atoms with Gasteiger partial charge in [-0.2, -0.15) is 5.26 Å². The summed E-state index contributed by atoms with van der Waals surface area (Å²) in [6, 6.07) is 5.75. The number of nitrogens with two attached hydrogens (primary N) is 1. The Labute approximate surface area is 75.8 Å². The maximum absolute atomic E-state index is 12.6. The maximum atomic E-state index is 12.6. The van der Waals surface area contributed by atoms with E-state index in [1.807, 2.05) is 6.07 Å². The molecular formula is C10H7FN2. The lowest BCUT2D eigenvalue weighted by atomic mass is 10.1. The van der Waals surface area contributed by atoms with Crippen LogP contribution in [-0.4, -0.2) is 6.54 Å². The van der Waals surface area contributed by atoms with E-state index in [0.29, 0.717) is 5.56 Å². The molecule has 0 unspecified atom stereocenters. The lowest BCUT2D eigenvalue weighted by molar-refractivity contribution is 0.627. The number of nitrogens with zero attached hydrogens (tertiary/aromatic N) is 1. The smallest absolute Gasteiger partial charge is 0.124 e. The standard InChI is InChI=1S/C10H7FN2/c11-10-4-3-8(2-1-5-12)9(6-10)7-13/h3-4,6H,5,12H2. The van der Waals surface area contributed by atoms with Crippen LogP contribution in [0.3, 0.4) is 0 Å². The number of benzene rings is 1. The lowest BCUT2D eigenvalue weighted by Crippen LogP contribution is -1.93. The zero-order valence-corrected chi connectivity index (χ0v) is 6.84. The minimum atomic E-state index is -0.435. The Bertz CT molecular complexity index is 407. The summed E-state index contributed by atoms with van der Waals surface area (Å²) >= 11 is 0. The highest BCUT2D eigenvalue weighted by molar-refractivity contribution is 5.48. The van der Waals surface area contributed by atoms with Crippen LogP contribution in [0.1, 0.15) is 11.1 Å². The molecule has 0 fully saturated rings. The molecular weight excluding hydrogens is 167 g/mol. The predicted molar refractivity (Wildman–Crippen MR) is 47.0 cm³/mol. The molecule has 0 amide bonds. The second-order valence-electron chi connectivity index (χ2n) is 2.31. The summed E-state index contributed by atoms with van der Waals surface area (Å²) in [6.45, 7) is 0.224. The summed E-state index contributed by atoms with van der Waals surface area (Å²) in [6.07, 6.45) is 0. The minimum Gasteiger partial charge on any atom is -0.320 e. The normalized spacial score (nSPS) is 8.38. The molecule has 1 aromatic rings. The molecule has 0 aliphatic heterocycles. The summed E-state index contributed by atoms with van der Waals surface area (Å²) in [5.74, 6) is 4.85. The van der Waals surface area contributed by atoms with E-state index in [1.54, 1.807) is 0 Å². The van der Waals surface area contributed by atoms with Crippen LogP contribution < -0.4 is 5.73 Å². The number of nitriles is 1. The van der Waals surface area contributed by atoms with E-state index in [2.05, 4.69) is 11.8 Å². The minimum absolute atomic E-state index is 0.224. The molecule has 0 aliphatic rings. The molecule has 0 saturated heterocycles. The van der Waals surface area contributed by atoms with Crippen LogP contribution in [0.2, 0.25) is 0 Å². The Kier molecular flexibility index (Phi) is 3.03. The molecule has 2 N–H and O–H groups in total. The quantitative estimate of drug-likeness (QED) is 0.596. The van der Waals surface area contributed by atoms with Crippen molar-refractivity contribution < 1.29 is 4.39 Å².